The first-order valence-corrected chi connectivity index (χ1v) is 7.23. The number of aryl methyl sites for hydroxylation is 2. The molecule has 0 amide bonds. The number of halogens is 1. The number of hydrogen-bond acceptors (Lipinski definition) is 2. The van der Waals surface area contributed by atoms with Gasteiger partial charge >= 0.3 is 0 Å². The molecule has 0 saturated carbocycles. The Balaban J connectivity index is 2.47. The van der Waals surface area contributed by atoms with Gasteiger partial charge in [-0.05, 0) is 62.7 Å². The van der Waals surface area contributed by atoms with E-state index in [1.165, 1.54) is 0 Å². The largest absolute Gasteiger partial charge is 0.494 e. The van der Waals surface area contributed by atoms with Crippen LogP contribution >= 0.6 is 0 Å². The van der Waals surface area contributed by atoms with Gasteiger partial charge in [0.05, 0.1) is 12.6 Å². The Morgan fingerprint density at radius 2 is 1.95 bits per heavy atom. The van der Waals surface area contributed by atoms with Gasteiger partial charge in [0, 0.05) is 5.56 Å². The van der Waals surface area contributed by atoms with Crippen LogP contribution < -0.4 is 10.1 Å². The van der Waals surface area contributed by atoms with Crippen molar-refractivity contribution in [3.05, 3.63) is 64.5 Å². The van der Waals surface area contributed by atoms with E-state index in [1.54, 1.807) is 6.07 Å². The van der Waals surface area contributed by atoms with Gasteiger partial charge < -0.3 is 10.1 Å². The standard InChI is InChI=1S/C18H22FNO/c1-5-21-15-8-6-7-14(11-15)18(20-4)17-13(3)9-12(2)10-16(17)19/h6-11,18,20H,5H2,1-4H3. The van der Waals surface area contributed by atoms with Gasteiger partial charge in [0.15, 0.2) is 0 Å². The van der Waals surface area contributed by atoms with Gasteiger partial charge in [0.2, 0.25) is 0 Å². The van der Waals surface area contributed by atoms with Crippen LogP contribution in [0.4, 0.5) is 4.39 Å². The number of rotatable bonds is 5. The second kappa shape index (κ2) is 6.72. The van der Waals surface area contributed by atoms with Crippen LogP contribution in [0.3, 0.4) is 0 Å². The summed E-state index contributed by atoms with van der Waals surface area (Å²) >= 11 is 0. The summed E-state index contributed by atoms with van der Waals surface area (Å²) < 4.78 is 19.9. The first-order valence-electron chi connectivity index (χ1n) is 7.23. The Morgan fingerprint density at radius 3 is 2.57 bits per heavy atom. The summed E-state index contributed by atoms with van der Waals surface area (Å²) in [5.41, 5.74) is 3.58. The lowest BCUT2D eigenvalue weighted by molar-refractivity contribution is 0.339. The van der Waals surface area contributed by atoms with Gasteiger partial charge in [-0.2, -0.15) is 0 Å². The third kappa shape index (κ3) is 3.42. The monoisotopic (exact) mass is 287 g/mol. The molecule has 1 unspecified atom stereocenters. The Bertz CT molecular complexity index is 601. The maximum absolute atomic E-state index is 14.4. The van der Waals surface area contributed by atoms with Crippen molar-refractivity contribution in [1.29, 1.82) is 0 Å². The molecule has 0 bridgehead atoms. The van der Waals surface area contributed by atoms with Crippen LogP contribution in [-0.2, 0) is 0 Å². The van der Waals surface area contributed by atoms with E-state index in [0.717, 1.165) is 22.4 Å². The van der Waals surface area contributed by atoms with Crippen molar-refractivity contribution in [3.63, 3.8) is 0 Å². The van der Waals surface area contributed by atoms with Crippen LogP contribution in [-0.4, -0.2) is 13.7 Å². The number of hydrogen-bond donors (Lipinski definition) is 1. The minimum atomic E-state index is -0.189. The average Bonchev–Trinajstić information content (AvgIpc) is 2.43. The van der Waals surface area contributed by atoms with Crippen molar-refractivity contribution in [2.24, 2.45) is 0 Å². The molecule has 0 spiro atoms. The fourth-order valence-electron chi connectivity index (χ4n) is 2.72. The molecule has 2 nitrogen and oxygen atoms in total. The number of ether oxygens (including phenoxy) is 1. The first kappa shape index (κ1) is 15.5. The van der Waals surface area contributed by atoms with Crippen molar-refractivity contribution in [1.82, 2.24) is 5.32 Å². The van der Waals surface area contributed by atoms with Crippen LogP contribution in [0.1, 0.15) is 35.2 Å². The molecule has 2 aromatic rings. The van der Waals surface area contributed by atoms with Gasteiger partial charge in [-0.1, -0.05) is 18.2 Å². The Morgan fingerprint density at radius 1 is 1.19 bits per heavy atom. The highest BCUT2D eigenvalue weighted by atomic mass is 19.1. The third-order valence-electron chi connectivity index (χ3n) is 3.56. The zero-order valence-electron chi connectivity index (χ0n) is 13.0. The summed E-state index contributed by atoms with van der Waals surface area (Å²) in [5.74, 6) is 0.633. The minimum absolute atomic E-state index is 0.173. The third-order valence-corrected chi connectivity index (χ3v) is 3.56. The number of nitrogens with one attached hydrogen (secondary N) is 1. The molecule has 3 heteroatoms. The topological polar surface area (TPSA) is 21.3 Å². The lowest BCUT2D eigenvalue weighted by Gasteiger charge is -2.21. The van der Waals surface area contributed by atoms with Crippen LogP contribution in [0, 0.1) is 19.7 Å². The van der Waals surface area contributed by atoms with Crippen molar-refractivity contribution in [2.75, 3.05) is 13.7 Å². The second-order valence-electron chi connectivity index (χ2n) is 5.20. The Labute approximate surface area is 126 Å². The normalized spacial score (nSPS) is 12.2. The summed E-state index contributed by atoms with van der Waals surface area (Å²) in [6, 6.07) is 11.2. The predicted molar refractivity (Wildman–Crippen MR) is 84.4 cm³/mol. The van der Waals surface area contributed by atoms with E-state index in [2.05, 4.69) is 5.32 Å². The fraction of sp³-hybridized carbons (Fsp3) is 0.333. The highest BCUT2D eigenvalue weighted by Crippen LogP contribution is 2.29. The molecule has 0 aliphatic rings. The molecule has 0 fully saturated rings. The Kier molecular flexibility index (Phi) is 4.97. The summed E-state index contributed by atoms with van der Waals surface area (Å²) in [6.07, 6.45) is 0. The van der Waals surface area contributed by atoms with Crippen molar-refractivity contribution in [2.45, 2.75) is 26.8 Å². The van der Waals surface area contributed by atoms with Gasteiger partial charge in [0.25, 0.3) is 0 Å². The molecule has 0 aliphatic heterocycles. The molecule has 0 aliphatic carbocycles. The molecule has 21 heavy (non-hydrogen) atoms. The number of benzene rings is 2. The average molecular weight is 287 g/mol. The lowest BCUT2D eigenvalue weighted by Crippen LogP contribution is -2.20. The first-order chi connectivity index (χ1) is 10.1. The van der Waals surface area contributed by atoms with Crippen molar-refractivity contribution in [3.8, 4) is 5.75 Å². The molecule has 0 saturated heterocycles. The van der Waals surface area contributed by atoms with E-state index >= 15 is 0 Å². The van der Waals surface area contributed by atoms with Crippen LogP contribution in [0.2, 0.25) is 0 Å². The Hall–Kier alpha value is -1.87. The second-order valence-corrected chi connectivity index (χ2v) is 5.20. The molecular weight excluding hydrogens is 265 g/mol. The molecule has 0 radical (unpaired) electrons. The van der Waals surface area contributed by atoms with Crippen molar-refractivity contribution >= 4 is 0 Å². The maximum Gasteiger partial charge on any atom is 0.128 e. The zero-order valence-corrected chi connectivity index (χ0v) is 13.0. The van der Waals surface area contributed by atoms with E-state index < -0.39 is 0 Å². The molecule has 1 atom stereocenters. The molecule has 2 rings (SSSR count). The van der Waals surface area contributed by atoms with Crippen LogP contribution in [0.15, 0.2) is 36.4 Å². The van der Waals surface area contributed by atoms with E-state index in [9.17, 15) is 4.39 Å². The molecule has 0 aromatic heterocycles. The van der Waals surface area contributed by atoms with Gasteiger partial charge in [-0.3, -0.25) is 0 Å². The lowest BCUT2D eigenvalue weighted by atomic mass is 9.93. The SMILES string of the molecule is CCOc1cccc(C(NC)c2c(C)cc(C)cc2F)c1. The molecule has 0 heterocycles. The van der Waals surface area contributed by atoms with E-state index in [4.69, 9.17) is 4.74 Å². The molecule has 112 valence electrons. The van der Waals surface area contributed by atoms with Crippen LogP contribution in [0.5, 0.6) is 5.75 Å². The maximum atomic E-state index is 14.4. The van der Waals surface area contributed by atoms with E-state index in [-0.39, 0.29) is 11.9 Å². The quantitative estimate of drug-likeness (QED) is 0.892. The van der Waals surface area contributed by atoms with Crippen molar-refractivity contribution < 1.29 is 9.13 Å². The fourth-order valence-corrected chi connectivity index (χ4v) is 2.72. The highest BCUT2D eigenvalue weighted by molar-refractivity contribution is 5.42. The van der Waals surface area contributed by atoms with Gasteiger partial charge in [-0.25, -0.2) is 4.39 Å². The summed E-state index contributed by atoms with van der Waals surface area (Å²) in [6.45, 7) is 6.42. The molecule has 1 N–H and O–H groups in total. The minimum Gasteiger partial charge on any atom is -0.494 e. The summed E-state index contributed by atoms with van der Waals surface area (Å²) in [7, 11) is 1.84. The van der Waals surface area contributed by atoms with E-state index in [0.29, 0.717) is 12.2 Å². The van der Waals surface area contributed by atoms with Gasteiger partial charge in [0.1, 0.15) is 11.6 Å². The van der Waals surface area contributed by atoms with Gasteiger partial charge in [-0.15, -0.1) is 0 Å². The predicted octanol–water partition coefficient (Wildman–Crippen LogP) is 4.15. The molecule has 2 aromatic carbocycles. The highest BCUT2D eigenvalue weighted by Gasteiger charge is 2.19. The zero-order chi connectivity index (χ0) is 15.4. The summed E-state index contributed by atoms with van der Waals surface area (Å²) in [4.78, 5) is 0. The smallest absolute Gasteiger partial charge is 0.128 e. The van der Waals surface area contributed by atoms with E-state index in [1.807, 2.05) is 58.2 Å². The summed E-state index contributed by atoms with van der Waals surface area (Å²) in [5, 5.41) is 3.21. The molecular formula is C18H22FNO. The van der Waals surface area contributed by atoms with Crippen LogP contribution in [0.25, 0.3) is 0 Å².